The minimum absolute atomic E-state index is 0.269. The van der Waals surface area contributed by atoms with Crippen LogP contribution in [0.1, 0.15) is 38.8 Å². The third-order valence-electron chi connectivity index (χ3n) is 3.79. The van der Waals surface area contributed by atoms with Crippen LogP contribution in [0.3, 0.4) is 0 Å². The molecule has 0 heterocycles. The first-order chi connectivity index (χ1) is 10.2. The summed E-state index contributed by atoms with van der Waals surface area (Å²) in [5, 5.41) is 3.63. The van der Waals surface area contributed by atoms with E-state index in [2.05, 4.69) is 37.1 Å². The molecule has 1 rings (SSSR count). The molecule has 0 amide bonds. The summed E-state index contributed by atoms with van der Waals surface area (Å²) in [5.74, 6) is 1.71. The van der Waals surface area contributed by atoms with Gasteiger partial charge in [0.25, 0.3) is 0 Å². The Morgan fingerprint density at radius 1 is 1.10 bits per heavy atom. The lowest BCUT2D eigenvalue weighted by atomic mass is 10.0. The summed E-state index contributed by atoms with van der Waals surface area (Å²) in [5.41, 5.74) is 1.19. The van der Waals surface area contributed by atoms with Crippen LogP contribution in [-0.2, 0) is 0 Å². The van der Waals surface area contributed by atoms with Crippen LogP contribution in [0.5, 0.6) is 11.5 Å². The first kappa shape index (κ1) is 17.8. The van der Waals surface area contributed by atoms with Gasteiger partial charge in [0.1, 0.15) is 11.5 Å². The molecule has 1 aromatic rings. The van der Waals surface area contributed by atoms with Gasteiger partial charge in [-0.3, -0.25) is 0 Å². The standard InChI is InChI=1S/C17H30N2O2/c1-6-11-18-16(13-19(7-2)8-3)15-10-9-14(20-4)12-17(15)21-5/h9-10,12,16,18H,6-8,11,13H2,1-5H3. The van der Waals surface area contributed by atoms with Gasteiger partial charge in [0.15, 0.2) is 0 Å². The van der Waals surface area contributed by atoms with E-state index < -0.39 is 0 Å². The molecule has 0 saturated carbocycles. The molecule has 0 aliphatic rings. The second kappa shape index (κ2) is 9.64. The maximum Gasteiger partial charge on any atom is 0.127 e. The van der Waals surface area contributed by atoms with Gasteiger partial charge in [0, 0.05) is 24.2 Å². The van der Waals surface area contributed by atoms with Gasteiger partial charge in [-0.25, -0.2) is 0 Å². The van der Waals surface area contributed by atoms with E-state index in [0.717, 1.165) is 44.1 Å². The number of ether oxygens (including phenoxy) is 2. The summed E-state index contributed by atoms with van der Waals surface area (Å²) in [6.07, 6.45) is 1.12. The number of benzene rings is 1. The van der Waals surface area contributed by atoms with Gasteiger partial charge >= 0.3 is 0 Å². The highest BCUT2D eigenvalue weighted by Crippen LogP contribution is 2.30. The Labute approximate surface area is 129 Å². The molecule has 0 spiro atoms. The van der Waals surface area contributed by atoms with Gasteiger partial charge < -0.3 is 19.7 Å². The lowest BCUT2D eigenvalue weighted by Gasteiger charge is -2.27. The molecule has 0 aliphatic heterocycles. The summed E-state index contributed by atoms with van der Waals surface area (Å²) in [6, 6.07) is 6.33. The normalized spacial score (nSPS) is 12.5. The Morgan fingerprint density at radius 2 is 1.81 bits per heavy atom. The van der Waals surface area contributed by atoms with Crippen molar-refractivity contribution in [1.29, 1.82) is 0 Å². The van der Waals surface area contributed by atoms with Crippen LogP contribution >= 0.6 is 0 Å². The fourth-order valence-electron chi connectivity index (χ4n) is 2.44. The Balaban J connectivity index is 3.00. The van der Waals surface area contributed by atoms with Crippen LogP contribution in [0.4, 0.5) is 0 Å². The lowest BCUT2D eigenvalue weighted by molar-refractivity contribution is 0.262. The minimum atomic E-state index is 0.269. The molecule has 1 N–H and O–H groups in total. The first-order valence-corrected chi connectivity index (χ1v) is 7.87. The van der Waals surface area contributed by atoms with Crippen LogP contribution in [0, 0.1) is 0 Å². The summed E-state index contributed by atoms with van der Waals surface area (Å²) < 4.78 is 10.8. The highest BCUT2D eigenvalue weighted by atomic mass is 16.5. The van der Waals surface area contributed by atoms with E-state index in [9.17, 15) is 0 Å². The number of rotatable bonds is 10. The molecule has 1 atom stereocenters. The van der Waals surface area contributed by atoms with Crippen LogP contribution in [0.25, 0.3) is 0 Å². The van der Waals surface area contributed by atoms with E-state index in [0.29, 0.717) is 0 Å². The second-order valence-corrected chi connectivity index (χ2v) is 5.10. The average molecular weight is 294 g/mol. The van der Waals surface area contributed by atoms with Crippen LogP contribution in [0.15, 0.2) is 18.2 Å². The SMILES string of the molecule is CCCNC(CN(CC)CC)c1ccc(OC)cc1OC. The Bertz CT molecular complexity index is 406. The molecule has 0 bridgehead atoms. The molecule has 1 unspecified atom stereocenters. The molecule has 120 valence electrons. The monoisotopic (exact) mass is 294 g/mol. The Morgan fingerprint density at radius 3 is 2.33 bits per heavy atom. The summed E-state index contributed by atoms with van der Waals surface area (Å²) in [4.78, 5) is 2.43. The van der Waals surface area contributed by atoms with Crippen molar-refractivity contribution in [3.8, 4) is 11.5 Å². The largest absolute Gasteiger partial charge is 0.497 e. The number of nitrogens with one attached hydrogen (secondary N) is 1. The molecule has 21 heavy (non-hydrogen) atoms. The van der Waals surface area contributed by atoms with Gasteiger partial charge in [-0.15, -0.1) is 0 Å². The molecule has 0 aliphatic carbocycles. The molecule has 0 radical (unpaired) electrons. The summed E-state index contributed by atoms with van der Waals surface area (Å²) in [7, 11) is 3.39. The van der Waals surface area contributed by atoms with Gasteiger partial charge in [0.05, 0.1) is 14.2 Å². The van der Waals surface area contributed by atoms with Gasteiger partial charge in [-0.2, -0.15) is 0 Å². The first-order valence-electron chi connectivity index (χ1n) is 7.87. The number of hydrogen-bond acceptors (Lipinski definition) is 4. The molecule has 0 saturated heterocycles. The minimum Gasteiger partial charge on any atom is -0.497 e. The molecular weight excluding hydrogens is 264 g/mol. The van der Waals surface area contributed by atoms with E-state index in [-0.39, 0.29) is 6.04 Å². The molecule has 1 aromatic carbocycles. The van der Waals surface area contributed by atoms with Crippen molar-refractivity contribution in [1.82, 2.24) is 10.2 Å². The van der Waals surface area contributed by atoms with Crippen molar-refractivity contribution < 1.29 is 9.47 Å². The van der Waals surface area contributed by atoms with Crippen LogP contribution in [-0.4, -0.2) is 45.3 Å². The smallest absolute Gasteiger partial charge is 0.127 e. The predicted molar refractivity (Wildman–Crippen MR) is 88.4 cm³/mol. The number of likely N-dealkylation sites (N-methyl/N-ethyl adjacent to an activating group) is 1. The van der Waals surface area contributed by atoms with E-state index in [1.165, 1.54) is 5.56 Å². The molecular formula is C17H30N2O2. The predicted octanol–water partition coefficient (Wildman–Crippen LogP) is 3.09. The highest BCUT2D eigenvalue weighted by Gasteiger charge is 2.18. The maximum absolute atomic E-state index is 5.56. The molecule has 4 nitrogen and oxygen atoms in total. The van der Waals surface area contributed by atoms with E-state index in [4.69, 9.17) is 9.47 Å². The van der Waals surface area contributed by atoms with Crippen molar-refractivity contribution >= 4 is 0 Å². The number of hydrogen-bond donors (Lipinski definition) is 1. The summed E-state index contributed by atoms with van der Waals surface area (Å²) in [6.45, 7) is 10.7. The van der Waals surface area contributed by atoms with Crippen molar-refractivity contribution in [3.63, 3.8) is 0 Å². The van der Waals surface area contributed by atoms with Gasteiger partial charge in [-0.05, 0) is 32.1 Å². The van der Waals surface area contributed by atoms with Crippen LogP contribution in [0.2, 0.25) is 0 Å². The lowest BCUT2D eigenvalue weighted by Crippen LogP contribution is -2.35. The van der Waals surface area contributed by atoms with Crippen molar-refractivity contribution in [2.45, 2.75) is 33.2 Å². The van der Waals surface area contributed by atoms with E-state index in [1.807, 2.05) is 12.1 Å². The third kappa shape index (κ3) is 5.21. The zero-order valence-electron chi connectivity index (χ0n) is 14.1. The second-order valence-electron chi connectivity index (χ2n) is 5.10. The Hall–Kier alpha value is -1.26. The van der Waals surface area contributed by atoms with Gasteiger partial charge in [-0.1, -0.05) is 26.8 Å². The molecule has 0 aromatic heterocycles. The highest BCUT2D eigenvalue weighted by molar-refractivity contribution is 5.42. The number of methoxy groups -OCH3 is 2. The fraction of sp³-hybridized carbons (Fsp3) is 0.647. The quantitative estimate of drug-likeness (QED) is 0.719. The van der Waals surface area contributed by atoms with Gasteiger partial charge in [0.2, 0.25) is 0 Å². The molecule has 4 heteroatoms. The number of nitrogens with zero attached hydrogens (tertiary/aromatic N) is 1. The van der Waals surface area contributed by atoms with Crippen molar-refractivity contribution in [2.75, 3.05) is 40.4 Å². The third-order valence-corrected chi connectivity index (χ3v) is 3.79. The summed E-state index contributed by atoms with van der Waals surface area (Å²) >= 11 is 0. The maximum atomic E-state index is 5.56. The average Bonchev–Trinajstić information content (AvgIpc) is 2.54. The van der Waals surface area contributed by atoms with Crippen molar-refractivity contribution in [2.24, 2.45) is 0 Å². The van der Waals surface area contributed by atoms with Crippen LogP contribution < -0.4 is 14.8 Å². The van der Waals surface area contributed by atoms with E-state index >= 15 is 0 Å². The topological polar surface area (TPSA) is 33.7 Å². The molecule has 0 fully saturated rings. The Kier molecular flexibility index (Phi) is 8.16. The van der Waals surface area contributed by atoms with Crippen molar-refractivity contribution in [3.05, 3.63) is 23.8 Å². The zero-order chi connectivity index (χ0) is 15.7. The van der Waals surface area contributed by atoms with E-state index in [1.54, 1.807) is 14.2 Å². The fourth-order valence-corrected chi connectivity index (χ4v) is 2.44. The zero-order valence-corrected chi connectivity index (χ0v) is 14.1.